The molecular weight excluding hydrogens is 442 g/mol. The summed E-state index contributed by atoms with van der Waals surface area (Å²) in [5.41, 5.74) is 3.06. The third kappa shape index (κ3) is 4.28. The highest BCUT2D eigenvalue weighted by Gasteiger charge is 2.45. The molecule has 9 heteroatoms. The maximum atomic E-state index is 13.2. The van der Waals surface area contributed by atoms with Gasteiger partial charge in [0.15, 0.2) is 0 Å². The van der Waals surface area contributed by atoms with Crippen molar-refractivity contribution in [3.8, 4) is 0 Å². The third-order valence-corrected chi connectivity index (χ3v) is 8.31. The molecule has 4 rings (SSSR count). The Kier molecular flexibility index (Phi) is 6.07. The Labute approximate surface area is 194 Å². The van der Waals surface area contributed by atoms with Crippen molar-refractivity contribution in [1.29, 1.82) is 0 Å². The van der Waals surface area contributed by atoms with Crippen LogP contribution in [-0.4, -0.2) is 57.4 Å². The van der Waals surface area contributed by atoms with Crippen LogP contribution in [0, 0.1) is 13.8 Å². The number of benzene rings is 2. The van der Waals surface area contributed by atoms with E-state index in [2.05, 4.69) is 5.32 Å². The number of fused-ring (bicyclic) bond motifs is 1. The number of anilines is 2. The van der Waals surface area contributed by atoms with E-state index in [0.29, 0.717) is 43.2 Å². The first kappa shape index (κ1) is 23.4. The minimum absolute atomic E-state index is 0.144. The molecule has 2 aliphatic heterocycles. The van der Waals surface area contributed by atoms with Crippen molar-refractivity contribution in [2.24, 2.45) is 0 Å². The van der Waals surface area contributed by atoms with Crippen LogP contribution >= 0.6 is 0 Å². The Morgan fingerprint density at radius 1 is 1.06 bits per heavy atom. The fourth-order valence-corrected chi connectivity index (χ4v) is 5.66. The highest BCUT2D eigenvalue weighted by atomic mass is 32.2. The molecule has 33 heavy (non-hydrogen) atoms. The van der Waals surface area contributed by atoms with Gasteiger partial charge < -0.3 is 15.0 Å². The Bertz CT molecular complexity index is 1220. The Hall–Kier alpha value is -2.75. The molecule has 0 aliphatic carbocycles. The van der Waals surface area contributed by atoms with Crippen molar-refractivity contribution < 1.29 is 22.7 Å². The molecule has 2 aliphatic rings. The van der Waals surface area contributed by atoms with Gasteiger partial charge in [0, 0.05) is 24.5 Å². The van der Waals surface area contributed by atoms with Gasteiger partial charge in [-0.1, -0.05) is 6.07 Å². The summed E-state index contributed by atoms with van der Waals surface area (Å²) in [6, 6.07) is 10.3. The monoisotopic (exact) mass is 471 g/mol. The lowest BCUT2D eigenvalue weighted by atomic mass is 9.86. The minimum atomic E-state index is -3.70. The molecule has 0 unspecified atom stereocenters. The summed E-state index contributed by atoms with van der Waals surface area (Å²) >= 11 is 0. The number of carbonyl (C=O) groups is 2. The lowest BCUT2D eigenvalue weighted by Crippen LogP contribution is -2.41. The standard InChI is InChI=1S/C24H29N3O5S/c1-16-5-6-18(13-17(16)2)25-22(28)15-27-21-8-7-19(14-20(21)24(3,4)23(27)29)33(30,31)26-9-11-32-12-10-26/h5-8,13-14H,9-12,15H2,1-4H3,(H,25,28). The van der Waals surface area contributed by atoms with Gasteiger partial charge in [0.1, 0.15) is 6.54 Å². The van der Waals surface area contributed by atoms with Crippen LogP contribution in [0.3, 0.4) is 0 Å². The second-order valence-electron chi connectivity index (χ2n) is 9.06. The minimum Gasteiger partial charge on any atom is -0.379 e. The van der Waals surface area contributed by atoms with E-state index in [1.807, 2.05) is 32.0 Å². The van der Waals surface area contributed by atoms with E-state index in [1.165, 1.54) is 15.3 Å². The number of hydrogen-bond acceptors (Lipinski definition) is 5. The molecule has 0 aromatic heterocycles. The van der Waals surface area contributed by atoms with Gasteiger partial charge in [-0.2, -0.15) is 4.31 Å². The van der Waals surface area contributed by atoms with E-state index in [4.69, 9.17) is 4.74 Å². The first-order valence-corrected chi connectivity index (χ1v) is 12.4. The summed E-state index contributed by atoms with van der Waals surface area (Å²) in [4.78, 5) is 27.5. The molecule has 1 saturated heterocycles. The number of aryl methyl sites for hydroxylation is 2. The third-order valence-electron chi connectivity index (χ3n) is 6.41. The summed E-state index contributed by atoms with van der Waals surface area (Å²) in [6.07, 6.45) is 0. The number of ether oxygens (including phenoxy) is 1. The van der Waals surface area contributed by atoms with Gasteiger partial charge in [-0.25, -0.2) is 8.42 Å². The lowest BCUT2D eigenvalue weighted by molar-refractivity contribution is -0.124. The molecule has 176 valence electrons. The van der Waals surface area contributed by atoms with E-state index < -0.39 is 15.4 Å². The van der Waals surface area contributed by atoms with Gasteiger partial charge in [-0.3, -0.25) is 9.59 Å². The Morgan fingerprint density at radius 2 is 1.76 bits per heavy atom. The molecule has 2 heterocycles. The second kappa shape index (κ2) is 8.55. The average molecular weight is 472 g/mol. The number of morpholine rings is 1. The van der Waals surface area contributed by atoms with Gasteiger partial charge in [0.2, 0.25) is 21.8 Å². The zero-order valence-corrected chi connectivity index (χ0v) is 20.2. The molecule has 0 radical (unpaired) electrons. The topological polar surface area (TPSA) is 96.0 Å². The summed E-state index contributed by atoms with van der Waals surface area (Å²) in [6.45, 7) is 8.62. The second-order valence-corrected chi connectivity index (χ2v) is 11.0. The van der Waals surface area contributed by atoms with Crippen LogP contribution in [0.2, 0.25) is 0 Å². The van der Waals surface area contributed by atoms with Crippen molar-refractivity contribution in [3.63, 3.8) is 0 Å². The van der Waals surface area contributed by atoms with E-state index >= 15 is 0 Å². The first-order chi connectivity index (χ1) is 15.5. The van der Waals surface area contributed by atoms with Gasteiger partial charge in [0.25, 0.3) is 0 Å². The number of rotatable bonds is 5. The van der Waals surface area contributed by atoms with Crippen molar-refractivity contribution in [2.45, 2.75) is 38.0 Å². The van der Waals surface area contributed by atoms with Gasteiger partial charge in [0.05, 0.1) is 23.5 Å². The SMILES string of the molecule is Cc1ccc(NC(=O)CN2C(=O)C(C)(C)c3cc(S(=O)(=O)N4CCOCC4)ccc32)cc1C. The number of sulfonamides is 1. The highest BCUT2D eigenvalue weighted by Crippen LogP contribution is 2.42. The summed E-state index contributed by atoms with van der Waals surface area (Å²) in [5, 5.41) is 2.85. The molecule has 0 spiro atoms. The lowest BCUT2D eigenvalue weighted by Gasteiger charge is -2.26. The summed E-state index contributed by atoms with van der Waals surface area (Å²) in [5.74, 6) is -0.561. The molecule has 1 fully saturated rings. The van der Waals surface area contributed by atoms with Crippen molar-refractivity contribution in [1.82, 2.24) is 4.31 Å². The zero-order chi connectivity index (χ0) is 24.0. The Morgan fingerprint density at radius 3 is 2.42 bits per heavy atom. The van der Waals surface area contributed by atoms with Gasteiger partial charge in [-0.05, 0) is 74.7 Å². The van der Waals surface area contributed by atoms with Crippen LogP contribution in [-0.2, 0) is 29.8 Å². The van der Waals surface area contributed by atoms with E-state index in [-0.39, 0.29) is 23.3 Å². The number of hydrogen-bond donors (Lipinski definition) is 1. The molecule has 2 amide bonds. The van der Waals surface area contributed by atoms with Crippen LogP contribution in [0.4, 0.5) is 11.4 Å². The number of nitrogens with zero attached hydrogens (tertiary/aromatic N) is 2. The molecule has 2 aromatic rings. The van der Waals surface area contributed by atoms with Crippen LogP contribution < -0.4 is 10.2 Å². The molecule has 1 N–H and O–H groups in total. The normalized spacial score (nSPS) is 18.3. The predicted molar refractivity (Wildman–Crippen MR) is 126 cm³/mol. The van der Waals surface area contributed by atoms with E-state index in [9.17, 15) is 18.0 Å². The highest BCUT2D eigenvalue weighted by molar-refractivity contribution is 7.89. The predicted octanol–water partition coefficient (Wildman–Crippen LogP) is 2.59. The van der Waals surface area contributed by atoms with Crippen LogP contribution in [0.15, 0.2) is 41.3 Å². The smallest absolute Gasteiger partial charge is 0.244 e. The largest absolute Gasteiger partial charge is 0.379 e. The van der Waals surface area contributed by atoms with Crippen LogP contribution in [0.1, 0.15) is 30.5 Å². The molecule has 2 aromatic carbocycles. The average Bonchev–Trinajstić information content (AvgIpc) is 2.97. The Balaban J connectivity index is 1.59. The van der Waals surface area contributed by atoms with Gasteiger partial charge >= 0.3 is 0 Å². The van der Waals surface area contributed by atoms with Crippen molar-refractivity contribution >= 4 is 33.2 Å². The number of nitrogens with one attached hydrogen (secondary N) is 1. The van der Waals surface area contributed by atoms with E-state index in [0.717, 1.165) is 11.1 Å². The zero-order valence-electron chi connectivity index (χ0n) is 19.3. The van der Waals surface area contributed by atoms with Crippen molar-refractivity contribution in [3.05, 3.63) is 53.1 Å². The van der Waals surface area contributed by atoms with Gasteiger partial charge in [-0.15, -0.1) is 0 Å². The molecule has 0 bridgehead atoms. The van der Waals surface area contributed by atoms with E-state index in [1.54, 1.807) is 26.0 Å². The van der Waals surface area contributed by atoms with Crippen LogP contribution in [0.5, 0.6) is 0 Å². The summed E-state index contributed by atoms with van der Waals surface area (Å²) < 4.78 is 32.9. The molecule has 0 atom stereocenters. The summed E-state index contributed by atoms with van der Waals surface area (Å²) in [7, 11) is -3.70. The fraction of sp³-hybridized carbons (Fsp3) is 0.417. The number of amides is 2. The molecule has 0 saturated carbocycles. The quantitative estimate of drug-likeness (QED) is 0.723. The maximum Gasteiger partial charge on any atom is 0.244 e. The number of carbonyl (C=O) groups excluding carboxylic acids is 2. The van der Waals surface area contributed by atoms with Crippen LogP contribution in [0.25, 0.3) is 0 Å². The molecule has 8 nitrogen and oxygen atoms in total. The van der Waals surface area contributed by atoms with Crippen molar-refractivity contribution in [2.75, 3.05) is 43.1 Å². The first-order valence-electron chi connectivity index (χ1n) is 10.9. The fourth-order valence-electron chi connectivity index (χ4n) is 4.23. The maximum absolute atomic E-state index is 13.2. The molecular formula is C24H29N3O5S.